The van der Waals surface area contributed by atoms with Crippen LogP contribution >= 0.6 is 0 Å². The summed E-state index contributed by atoms with van der Waals surface area (Å²) in [6, 6.07) is 0. The topological polar surface area (TPSA) is 26.3 Å². The summed E-state index contributed by atoms with van der Waals surface area (Å²) in [7, 11) is 0. The highest BCUT2D eigenvalue weighted by Crippen LogP contribution is 2.57. The van der Waals surface area contributed by atoms with Crippen molar-refractivity contribution in [1.29, 1.82) is 0 Å². The van der Waals surface area contributed by atoms with Crippen molar-refractivity contribution in [3.05, 3.63) is 0 Å². The van der Waals surface area contributed by atoms with E-state index in [1.165, 1.54) is 0 Å². The average molecular weight is 703 g/mol. The number of carbonyl (C=O) groups excluding carboxylic acids is 1. The van der Waals surface area contributed by atoms with Crippen LogP contribution in [0, 0.1) is 266 Å². The number of esters is 1. The lowest BCUT2D eigenvalue weighted by molar-refractivity contribution is -0.143. The summed E-state index contributed by atoms with van der Waals surface area (Å²) in [5.41, 5.74) is -0.483. The Morgan fingerprint density at radius 3 is 1.41 bits per heavy atom. The first-order chi connectivity index (χ1) is 27.6. The number of terminal acetylenes is 1. The van der Waals surface area contributed by atoms with Gasteiger partial charge in [-0.2, -0.15) is 0 Å². The molecule has 3 fully saturated rings. The van der Waals surface area contributed by atoms with E-state index in [4.69, 9.17) is 11.2 Å². The van der Waals surface area contributed by atoms with E-state index in [9.17, 15) is 4.79 Å². The van der Waals surface area contributed by atoms with Crippen molar-refractivity contribution in [3.8, 4) is 237 Å². The third kappa shape index (κ3) is 14.9. The van der Waals surface area contributed by atoms with Gasteiger partial charge in [0.15, 0.2) is 0 Å². The molecule has 0 aromatic carbocycles. The van der Waals surface area contributed by atoms with E-state index in [0.717, 1.165) is 19.3 Å². The van der Waals surface area contributed by atoms with E-state index in [1.54, 1.807) is 13.8 Å². The van der Waals surface area contributed by atoms with Gasteiger partial charge in [-0.1, -0.05) is 36.0 Å². The minimum Gasteiger partial charge on any atom is -0.461 e. The second-order valence-corrected chi connectivity index (χ2v) is 11.0. The van der Waals surface area contributed by atoms with Crippen molar-refractivity contribution >= 4 is 5.97 Å². The maximum atomic E-state index is 13.2. The Kier molecular flexibility index (Phi) is 18.8. The number of fused-ring (bicyclic) bond motifs is 2. The molecule has 0 radical (unpaired) electrons. The Labute approximate surface area is 332 Å². The molecule has 250 valence electrons. The summed E-state index contributed by atoms with van der Waals surface area (Å²) in [6.07, 6.45) is 8.39. The number of carbonyl (C=O) groups is 1. The lowest BCUT2D eigenvalue weighted by Gasteiger charge is -2.33. The molecule has 6 atom stereocenters. The lowest BCUT2D eigenvalue weighted by atomic mass is 9.68. The first kappa shape index (κ1) is 41.1. The summed E-state index contributed by atoms with van der Waals surface area (Å²) < 4.78 is 5.93. The number of hydrogen-bond donors (Lipinski definition) is 0. The van der Waals surface area contributed by atoms with Gasteiger partial charge in [0.05, 0.1) is 0 Å². The molecule has 0 spiro atoms. The molecule has 0 N–H and O–H groups in total. The van der Waals surface area contributed by atoms with Gasteiger partial charge in [-0.05, 0) is 247 Å². The van der Waals surface area contributed by atoms with Crippen LogP contribution in [0.1, 0.15) is 46.0 Å². The fourth-order valence-corrected chi connectivity index (χ4v) is 5.88. The van der Waals surface area contributed by atoms with Gasteiger partial charge in [0.25, 0.3) is 0 Å². The van der Waals surface area contributed by atoms with Crippen LogP contribution in [0.3, 0.4) is 0 Å². The highest BCUT2D eigenvalue weighted by molar-refractivity contribution is 5.79. The molecule has 0 aromatic heterocycles. The maximum Gasteiger partial charge on any atom is 0.321 e. The minimum absolute atomic E-state index is 0.0916. The highest BCUT2D eigenvalue weighted by atomic mass is 16.6. The Balaban J connectivity index is 1.91. The molecule has 0 amide bonds. The van der Waals surface area contributed by atoms with Crippen molar-refractivity contribution in [2.24, 2.45) is 29.1 Å². The molecule has 2 heteroatoms. The van der Waals surface area contributed by atoms with Crippen LogP contribution in [0.2, 0.25) is 0 Å². The summed E-state index contributed by atoms with van der Waals surface area (Å²) in [4.78, 5) is 13.2. The lowest BCUT2D eigenvalue weighted by Crippen LogP contribution is -2.30. The van der Waals surface area contributed by atoms with Crippen molar-refractivity contribution < 1.29 is 9.53 Å². The molecular weight excluding hydrogens is 681 g/mol. The maximum absolute atomic E-state index is 13.2. The van der Waals surface area contributed by atoms with Gasteiger partial charge in [0, 0.05) is 17.3 Å². The van der Waals surface area contributed by atoms with Gasteiger partial charge < -0.3 is 4.74 Å². The molecule has 0 bridgehead atoms. The molecule has 1 heterocycles. The SMILES string of the molecule is C#CC#CC#CC#CC#CC#CC#CC1CC2OC(=O)C(C#CC#CC#CC#CC#CC#CC)C2CC2(C#CC#CC#CC#CC#CC#CC#CC)CCCC12. The number of ether oxygens (including phenoxy) is 1. The normalized spacial score (nSPS) is 19.1. The molecule has 2 nitrogen and oxygen atoms in total. The molecule has 1 saturated heterocycles. The van der Waals surface area contributed by atoms with Crippen LogP contribution < -0.4 is 0 Å². The smallest absolute Gasteiger partial charge is 0.321 e. The van der Waals surface area contributed by atoms with Gasteiger partial charge in [0.2, 0.25) is 0 Å². The van der Waals surface area contributed by atoms with Crippen LogP contribution in [0.15, 0.2) is 0 Å². The zero-order chi connectivity index (χ0) is 39.8. The predicted molar refractivity (Wildman–Crippen MR) is 217 cm³/mol. The van der Waals surface area contributed by atoms with Gasteiger partial charge in [-0.25, -0.2) is 0 Å². The van der Waals surface area contributed by atoms with E-state index in [2.05, 4.69) is 231 Å². The first-order valence-corrected chi connectivity index (χ1v) is 16.7. The van der Waals surface area contributed by atoms with Crippen LogP contribution in [-0.4, -0.2) is 12.1 Å². The third-order valence-corrected chi connectivity index (χ3v) is 7.84. The molecular formula is C54H22O2. The summed E-state index contributed by atoms with van der Waals surface area (Å²) in [5, 5.41) is 0. The van der Waals surface area contributed by atoms with Gasteiger partial charge >= 0.3 is 5.97 Å². The summed E-state index contributed by atoms with van der Waals surface area (Å²) in [6.45, 7) is 3.38. The number of hydrogen-bond acceptors (Lipinski definition) is 2. The first-order valence-electron chi connectivity index (χ1n) is 16.7. The monoisotopic (exact) mass is 702 g/mol. The molecule has 3 aliphatic rings. The van der Waals surface area contributed by atoms with Gasteiger partial charge in [0.1, 0.15) is 12.0 Å². The quantitative estimate of drug-likeness (QED) is 0.287. The summed E-state index contributed by atoms with van der Waals surface area (Å²) in [5.74, 6) is 103. The van der Waals surface area contributed by atoms with Crippen molar-refractivity contribution in [2.45, 2.75) is 52.1 Å². The minimum atomic E-state index is -0.682. The average Bonchev–Trinajstić information content (AvgIpc) is 3.71. The van der Waals surface area contributed by atoms with E-state index >= 15 is 0 Å². The number of rotatable bonds is 0. The molecule has 56 heavy (non-hydrogen) atoms. The zero-order valence-electron chi connectivity index (χ0n) is 30.3. The second kappa shape index (κ2) is 25.6. The van der Waals surface area contributed by atoms with Crippen LogP contribution in [0.25, 0.3) is 0 Å². The molecule has 1 aliphatic heterocycles. The zero-order valence-corrected chi connectivity index (χ0v) is 30.3. The molecule has 6 unspecified atom stereocenters. The Morgan fingerprint density at radius 2 is 0.946 bits per heavy atom. The third-order valence-electron chi connectivity index (χ3n) is 7.84. The van der Waals surface area contributed by atoms with Crippen molar-refractivity contribution in [2.75, 3.05) is 0 Å². The Morgan fingerprint density at radius 1 is 0.536 bits per heavy atom. The molecule has 2 aliphatic carbocycles. The molecule has 3 rings (SSSR count). The van der Waals surface area contributed by atoms with Gasteiger partial charge in [-0.15, -0.1) is 6.42 Å². The van der Waals surface area contributed by atoms with Gasteiger partial charge in [-0.3, -0.25) is 4.79 Å². The molecule has 0 aromatic rings. The second-order valence-electron chi connectivity index (χ2n) is 11.0. The van der Waals surface area contributed by atoms with Crippen molar-refractivity contribution in [3.63, 3.8) is 0 Å². The fourth-order valence-electron chi connectivity index (χ4n) is 5.88. The largest absolute Gasteiger partial charge is 0.461 e. The molecule has 2 saturated carbocycles. The van der Waals surface area contributed by atoms with E-state index in [1.807, 2.05) is 0 Å². The van der Waals surface area contributed by atoms with E-state index < -0.39 is 23.4 Å². The Bertz CT molecular complexity index is 2970. The Hall–Kier alpha value is -9.33. The predicted octanol–water partition coefficient (Wildman–Crippen LogP) is 3.08. The van der Waals surface area contributed by atoms with Crippen LogP contribution in [0.4, 0.5) is 0 Å². The van der Waals surface area contributed by atoms with E-state index in [0.29, 0.717) is 12.8 Å². The fraction of sp³-hybridized carbons (Fsp3) is 0.241. The summed E-state index contributed by atoms with van der Waals surface area (Å²) >= 11 is 0. The van der Waals surface area contributed by atoms with Crippen LogP contribution in [-0.2, 0) is 9.53 Å². The standard InChI is InChI=1S/C54H22O2/c1-4-7-10-13-16-19-22-24-27-30-33-36-39-44-54-45-40-43-51(54)48(41-37-34-31-28-26-23-20-17-14-11-8-5-2)46-52-50(47-54)49(53(55)56-52)42-38-35-32-29-25-21-18-15-12-9-6-3/h2,48-52H,40,43,45-47H2,1,3H3. The van der Waals surface area contributed by atoms with Crippen molar-refractivity contribution in [1.82, 2.24) is 0 Å². The van der Waals surface area contributed by atoms with Crippen LogP contribution in [0.5, 0.6) is 0 Å². The van der Waals surface area contributed by atoms with E-state index in [-0.39, 0.29) is 17.8 Å². The highest BCUT2D eigenvalue weighted by Gasteiger charge is 2.56.